The third kappa shape index (κ3) is 3.30. The Kier molecular flexibility index (Phi) is 3.86. The molecule has 7 heteroatoms. The molecule has 1 heterocycles. The van der Waals surface area contributed by atoms with Crippen molar-refractivity contribution in [3.8, 4) is 0 Å². The van der Waals surface area contributed by atoms with Gasteiger partial charge >= 0.3 is 5.69 Å². The lowest BCUT2D eigenvalue weighted by atomic mass is 10.0. The fourth-order valence-electron chi connectivity index (χ4n) is 2.47. The van der Waals surface area contributed by atoms with Crippen molar-refractivity contribution in [3.05, 3.63) is 52.2 Å². The number of nitro groups is 1. The molecule has 1 aliphatic rings. The lowest BCUT2D eigenvalue weighted by Gasteiger charge is -2.18. The Morgan fingerprint density at radius 2 is 2.09 bits per heavy atom. The smallest absolute Gasteiger partial charge is 0.329 e. The molecule has 114 valence electrons. The van der Waals surface area contributed by atoms with E-state index in [1.54, 1.807) is 0 Å². The van der Waals surface area contributed by atoms with E-state index >= 15 is 0 Å². The summed E-state index contributed by atoms with van der Waals surface area (Å²) in [6.45, 7) is 0. The third-order valence-corrected chi connectivity index (χ3v) is 3.80. The van der Waals surface area contributed by atoms with E-state index in [-0.39, 0.29) is 17.5 Å². The minimum absolute atomic E-state index is 0.114. The second-order valence-corrected chi connectivity index (χ2v) is 5.50. The van der Waals surface area contributed by atoms with E-state index in [1.165, 1.54) is 18.4 Å². The van der Waals surface area contributed by atoms with Gasteiger partial charge in [-0.15, -0.1) is 0 Å². The van der Waals surface area contributed by atoms with Gasteiger partial charge in [-0.25, -0.2) is 4.98 Å². The third-order valence-electron chi connectivity index (χ3n) is 3.80. The van der Waals surface area contributed by atoms with Gasteiger partial charge in [0.1, 0.15) is 6.20 Å². The number of nitrogens with zero attached hydrogens (tertiary/aromatic N) is 3. The zero-order valence-corrected chi connectivity index (χ0v) is 12.0. The zero-order chi connectivity index (χ0) is 15.5. The van der Waals surface area contributed by atoms with Gasteiger partial charge in [-0.2, -0.15) is 4.98 Å². The summed E-state index contributed by atoms with van der Waals surface area (Å²) in [7, 11) is 0. The molecule has 7 nitrogen and oxygen atoms in total. The molecular formula is C15H17N5O2. The highest BCUT2D eigenvalue weighted by Gasteiger charge is 2.32. The zero-order valence-electron chi connectivity index (χ0n) is 12.0. The number of rotatable bonds is 6. The Morgan fingerprint density at radius 3 is 2.68 bits per heavy atom. The molecular weight excluding hydrogens is 282 g/mol. The van der Waals surface area contributed by atoms with Crippen molar-refractivity contribution in [1.82, 2.24) is 9.97 Å². The molecule has 0 radical (unpaired) electrons. The van der Waals surface area contributed by atoms with Crippen molar-refractivity contribution in [1.29, 1.82) is 0 Å². The molecule has 3 rings (SSSR count). The fraction of sp³-hybridized carbons (Fsp3) is 0.333. The average molecular weight is 299 g/mol. The maximum atomic E-state index is 10.7. The Balaban J connectivity index is 1.74. The molecule has 1 aromatic heterocycles. The van der Waals surface area contributed by atoms with E-state index in [0.717, 1.165) is 12.6 Å². The summed E-state index contributed by atoms with van der Waals surface area (Å²) in [6.07, 6.45) is 4.36. The van der Waals surface area contributed by atoms with Crippen LogP contribution in [0.2, 0.25) is 0 Å². The van der Waals surface area contributed by atoms with E-state index in [9.17, 15) is 10.1 Å². The first-order chi connectivity index (χ1) is 10.6. The Labute approximate surface area is 127 Å². The Bertz CT molecular complexity index is 673. The highest BCUT2D eigenvalue weighted by atomic mass is 16.6. The molecule has 1 fully saturated rings. The predicted molar refractivity (Wildman–Crippen MR) is 83.4 cm³/mol. The SMILES string of the molecule is Nc1nc(NC(Cc2ccccc2)C2CC2)ncc1[N+](=O)[O-]. The molecule has 1 unspecified atom stereocenters. The summed E-state index contributed by atoms with van der Waals surface area (Å²) in [5.41, 5.74) is 6.58. The van der Waals surface area contributed by atoms with Gasteiger partial charge in [-0.3, -0.25) is 10.1 Å². The van der Waals surface area contributed by atoms with Crippen molar-refractivity contribution < 1.29 is 4.92 Å². The van der Waals surface area contributed by atoms with Crippen LogP contribution in [0, 0.1) is 16.0 Å². The van der Waals surface area contributed by atoms with Crippen LogP contribution in [-0.2, 0) is 6.42 Å². The summed E-state index contributed by atoms with van der Waals surface area (Å²) in [6, 6.07) is 10.4. The van der Waals surface area contributed by atoms with Crippen LogP contribution in [0.15, 0.2) is 36.5 Å². The molecule has 2 aromatic rings. The Hall–Kier alpha value is -2.70. The summed E-state index contributed by atoms with van der Waals surface area (Å²) < 4.78 is 0. The molecule has 0 amide bonds. The minimum Gasteiger partial charge on any atom is -0.378 e. The number of aromatic nitrogens is 2. The Morgan fingerprint density at radius 1 is 1.36 bits per heavy atom. The largest absolute Gasteiger partial charge is 0.378 e. The maximum Gasteiger partial charge on any atom is 0.329 e. The fourth-order valence-corrected chi connectivity index (χ4v) is 2.47. The average Bonchev–Trinajstić information content (AvgIpc) is 3.32. The van der Waals surface area contributed by atoms with Crippen LogP contribution in [0.25, 0.3) is 0 Å². The first-order valence-corrected chi connectivity index (χ1v) is 7.21. The van der Waals surface area contributed by atoms with Crippen molar-refractivity contribution >= 4 is 17.5 Å². The second kappa shape index (κ2) is 5.97. The number of anilines is 2. The van der Waals surface area contributed by atoms with Crippen LogP contribution >= 0.6 is 0 Å². The molecule has 22 heavy (non-hydrogen) atoms. The standard InChI is InChI=1S/C15H17N5O2/c16-14-13(20(21)22)9-17-15(19-14)18-12(11-6-7-11)8-10-4-2-1-3-5-10/h1-5,9,11-12H,6-8H2,(H3,16,17,18,19). The number of hydrogen-bond donors (Lipinski definition) is 2. The van der Waals surface area contributed by atoms with Crippen LogP contribution in [0.4, 0.5) is 17.5 Å². The quantitative estimate of drug-likeness (QED) is 0.626. The van der Waals surface area contributed by atoms with Crippen molar-refractivity contribution in [2.24, 2.45) is 5.92 Å². The van der Waals surface area contributed by atoms with Crippen molar-refractivity contribution in [2.45, 2.75) is 25.3 Å². The first kappa shape index (κ1) is 14.2. The van der Waals surface area contributed by atoms with Crippen LogP contribution in [-0.4, -0.2) is 20.9 Å². The lowest BCUT2D eigenvalue weighted by Crippen LogP contribution is -2.26. The van der Waals surface area contributed by atoms with E-state index < -0.39 is 4.92 Å². The van der Waals surface area contributed by atoms with Gasteiger partial charge < -0.3 is 11.1 Å². The summed E-state index contributed by atoms with van der Waals surface area (Å²) >= 11 is 0. The van der Waals surface area contributed by atoms with Crippen LogP contribution < -0.4 is 11.1 Å². The highest BCUT2D eigenvalue weighted by molar-refractivity contribution is 5.53. The summed E-state index contributed by atoms with van der Waals surface area (Å²) in [5, 5.41) is 14.0. The van der Waals surface area contributed by atoms with Crippen LogP contribution in [0.5, 0.6) is 0 Å². The van der Waals surface area contributed by atoms with E-state index in [1.807, 2.05) is 18.2 Å². The highest BCUT2D eigenvalue weighted by Crippen LogP contribution is 2.35. The molecule has 1 atom stereocenters. The normalized spacial score (nSPS) is 15.3. The van der Waals surface area contributed by atoms with Crippen molar-refractivity contribution in [2.75, 3.05) is 11.1 Å². The van der Waals surface area contributed by atoms with Gasteiger partial charge in [-0.1, -0.05) is 30.3 Å². The predicted octanol–water partition coefficient (Wildman–Crippen LogP) is 2.40. The van der Waals surface area contributed by atoms with Gasteiger partial charge in [0.25, 0.3) is 0 Å². The monoisotopic (exact) mass is 299 g/mol. The number of nitrogens with two attached hydrogens (primary N) is 1. The van der Waals surface area contributed by atoms with Gasteiger partial charge in [0, 0.05) is 6.04 Å². The molecule has 0 aliphatic heterocycles. The molecule has 1 aromatic carbocycles. The number of nitrogen functional groups attached to an aromatic ring is 1. The molecule has 0 spiro atoms. The number of benzene rings is 1. The maximum absolute atomic E-state index is 10.7. The van der Waals surface area contributed by atoms with E-state index in [0.29, 0.717) is 11.9 Å². The van der Waals surface area contributed by atoms with Gasteiger partial charge in [0.2, 0.25) is 11.8 Å². The van der Waals surface area contributed by atoms with Gasteiger partial charge in [0.15, 0.2) is 0 Å². The number of nitrogens with one attached hydrogen (secondary N) is 1. The summed E-state index contributed by atoms with van der Waals surface area (Å²) in [5.74, 6) is 0.813. The molecule has 3 N–H and O–H groups in total. The van der Waals surface area contributed by atoms with Gasteiger partial charge in [0.05, 0.1) is 4.92 Å². The van der Waals surface area contributed by atoms with E-state index in [2.05, 4.69) is 27.4 Å². The van der Waals surface area contributed by atoms with Gasteiger partial charge in [-0.05, 0) is 30.7 Å². The second-order valence-electron chi connectivity index (χ2n) is 5.50. The van der Waals surface area contributed by atoms with Crippen molar-refractivity contribution in [3.63, 3.8) is 0 Å². The molecule has 0 bridgehead atoms. The van der Waals surface area contributed by atoms with Crippen LogP contribution in [0.1, 0.15) is 18.4 Å². The molecule has 0 saturated heterocycles. The number of hydrogen-bond acceptors (Lipinski definition) is 6. The molecule has 1 aliphatic carbocycles. The lowest BCUT2D eigenvalue weighted by molar-refractivity contribution is -0.384. The van der Waals surface area contributed by atoms with Crippen LogP contribution in [0.3, 0.4) is 0 Å². The summed E-state index contributed by atoms with van der Waals surface area (Å²) in [4.78, 5) is 18.2. The first-order valence-electron chi connectivity index (χ1n) is 7.21. The molecule has 1 saturated carbocycles. The van der Waals surface area contributed by atoms with E-state index in [4.69, 9.17) is 5.73 Å². The topological polar surface area (TPSA) is 107 Å². The minimum atomic E-state index is -0.582.